The molecule has 1 saturated heterocycles. The number of nitrogen functional groups attached to an aromatic ring is 1. The van der Waals surface area contributed by atoms with Crippen molar-refractivity contribution in [3.8, 4) is 0 Å². The number of nitrogens with two attached hydrogens (primary N) is 1. The summed E-state index contributed by atoms with van der Waals surface area (Å²) in [4.78, 5) is 36.4. The first-order valence-corrected chi connectivity index (χ1v) is 7.05. The number of halogens is 1. The van der Waals surface area contributed by atoms with E-state index in [0.29, 0.717) is 18.7 Å². The Morgan fingerprint density at radius 3 is 2.39 bits per heavy atom. The van der Waals surface area contributed by atoms with Crippen molar-refractivity contribution in [2.24, 2.45) is 0 Å². The zero-order chi connectivity index (χ0) is 16.3. The third-order valence-corrected chi connectivity index (χ3v) is 3.71. The molecule has 4 amide bonds. The van der Waals surface area contributed by atoms with Crippen molar-refractivity contribution in [2.75, 3.05) is 18.8 Å². The highest BCUT2D eigenvalue weighted by Gasteiger charge is 2.46. The van der Waals surface area contributed by atoms with E-state index in [-0.39, 0.29) is 24.9 Å². The first-order chi connectivity index (χ1) is 10.3. The van der Waals surface area contributed by atoms with Gasteiger partial charge in [-0.25, -0.2) is 4.79 Å². The van der Waals surface area contributed by atoms with Gasteiger partial charge in [0.15, 0.2) is 0 Å². The van der Waals surface area contributed by atoms with Crippen molar-refractivity contribution >= 4 is 35.9 Å². The second-order valence-electron chi connectivity index (χ2n) is 5.75. The van der Waals surface area contributed by atoms with Crippen LogP contribution < -0.4 is 16.4 Å². The molecule has 0 aromatic heterocycles. The molecule has 7 nitrogen and oxygen atoms in total. The lowest BCUT2D eigenvalue weighted by atomic mass is 10.0. The summed E-state index contributed by atoms with van der Waals surface area (Å²) in [6.45, 7) is 3.52. The predicted molar refractivity (Wildman–Crippen MR) is 89.1 cm³/mol. The highest BCUT2D eigenvalue weighted by molar-refractivity contribution is 6.07. The number of rotatable bonds is 5. The van der Waals surface area contributed by atoms with Gasteiger partial charge in [0.1, 0.15) is 12.1 Å². The molecule has 1 fully saturated rings. The average Bonchev–Trinajstić information content (AvgIpc) is 2.64. The van der Waals surface area contributed by atoms with E-state index in [0.717, 1.165) is 5.56 Å². The van der Waals surface area contributed by atoms with Gasteiger partial charge in [-0.2, -0.15) is 0 Å². The minimum absolute atomic E-state index is 0. The number of urea groups is 1. The molecule has 0 spiro atoms. The highest BCUT2D eigenvalue weighted by Crippen LogP contribution is 2.20. The van der Waals surface area contributed by atoms with Gasteiger partial charge in [0.25, 0.3) is 5.91 Å². The molecule has 1 aromatic carbocycles. The minimum atomic E-state index is -1.01. The van der Waals surface area contributed by atoms with E-state index in [1.807, 2.05) is 12.1 Å². The number of amides is 4. The van der Waals surface area contributed by atoms with Crippen LogP contribution in [0, 0.1) is 0 Å². The fraction of sp³-hybridized carbons (Fsp3) is 0.400. The maximum atomic E-state index is 11.9. The number of benzene rings is 1. The summed E-state index contributed by atoms with van der Waals surface area (Å²) in [7, 11) is 0. The number of anilines is 1. The zero-order valence-electron chi connectivity index (χ0n) is 13.1. The molecule has 0 saturated carbocycles. The predicted octanol–water partition coefficient (Wildman–Crippen LogP) is 0.680. The zero-order valence-corrected chi connectivity index (χ0v) is 13.9. The summed E-state index contributed by atoms with van der Waals surface area (Å²) in [5.74, 6) is -0.694. The van der Waals surface area contributed by atoms with Gasteiger partial charge in [-0.15, -0.1) is 12.4 Å². The quantitative estimate of drug-likeness (QED) is 0.541. The summed E-state index contributed by atoms with van der Waals surface area (Å²) in [5.41, 5.74) is 6.35. The molecular weight excluding hydrogens is 320 g/mol. The summed E-state index contributed by atoms with van der Waals surface area (Å²) in [6, 6.07) is 6.87. The first-order valence-electron chi connectivity index (χ1n) is 7.05. The van der Waals surface area contributed by atoms with E-state index in [1.165, 1.54) is 4.90 Å². The van der Waals surface area contributed by atoms with E-state index < -0.39 is 17.5 Å². The second kappa shape index (κ2) is 7.32. The minimum Gasteiger partial charge on any atom is -0.399 e. The van der Waals surface area contributed by atoms with Crippen LogP contribution in [0.2, 0.25) is 0 Å². The highest BCUT2D eigenvalue weighted by atomic mass is 35.5. The van der Waals surface area contributed by atoms with E-state index in [9.17, 15) is 14.4 Å². The Morgan fingerprint density at radius 1 is 1.26 bits per heavy atom. The van der Waals surface area contributed by atoms with Gasteiger partial charge in [0.05, 0.1) is 0 Å². The average molecular weight is 341 g/mol. The largest absolute Gasteiger partial charge is 0.399 e. The number of nitrogens with zero attached hydrogens (tertiary/aromatic N) is 1. The molecule has 1 heterocycles. The molecule has 1 aliphatic rings. The van der Waals surface area contributed by atoms with Crippen molar-refractivity contribution in [3.63, 3.8) is 0 Å². The van der Waals surface area contributed by atoms with Gasteiger partial charge in [-0.1, -0.05) is 12.1 Å². The van der Waals surface area contributed by atoms with E-state index in [1.54, 1.807) is 26.0 Å². The van der Waals surface area contributed by atoms with Gasteiger partial charge < -0.3 is 16.0 Å². The van der Waals surface area contributed by atoms with Crippen molar-refractivity contribution in [1.82, 2.24) is 15.5 Å². The van der Waals surface area contributed by atoms with Crippen LogP contribution in [0.5, 0.6) is 0 Å². The van der Waals surface area contributed by atoms with Crippen LogP contribution in [0.25, 0.3) is 0 Å². The van der Waals surface area contributed by atoms with Gasteiger partial charge in [-0.05, 0) is 38.0 Å². The molecule has 0 atom stereocenters. The van der Waals surface area contributed by atoms with Crippen LogP contribution in [0.15, 0.2) is 24.3 Å². The maximum Gasteiger partial charge on any atom is 0.325 e. The fourth-order valence-corrected chi connectivity index (χ4v) is 2.19. The van der Waals surface area contributed by atoms with E-state index >= 15 is 0 Å². The summed E-state index contributed by atoms with van der Waals surface area (Å²) in [6.07, 6.45) is 0.667. The molecule has 23 heavy (non-hydrogen) atoms. The number of hydrogen-bond donors (Lipinski definition) is 3. The normalized spacial score (nSPS) is 15.8. The fourth-order valence-electron chi connectivity index (χ4n) is 2.19. The Balaban J connectivity index is 0.00000264. The van der Waals surface area contributed by atoms with Crippen molar-refractivity contribution in [3.05, 3.63) is 29.8 Å². The SMILES string of the molecule is CC1(C)C(=O)NC(=O)N1CC(=O)NCCc1ccc(N)cc1.Cl. The van der Waals surface area contributed by atoms with Gasteiger partial charge in [-0.3, -0.25) is 14.9 Å². The number of carbonyl (C=O) groups excluding carboxylic acids is 3. The Morgan fingerprint density at radius 2 is 1.87 bits per heavy atom. The lowest BCUT2D eigenvalue weighted by Crippen LogP contribution is -2.49. The van der Waals surface area contributed by atoms with Crippen LogP contribution in [-0.2, 0) is 16.0 Å². The van der Waals surface area contributed by atoms with Crippen LogP contribution in [0.1, 0.15) is 19.4 Å². The lowest BCUT2D eigenvalue weighted by Gasteiger charge is -2.27. The third kappa shape index (κ3) is 4.35. The number of hydrogen-bond acceptors (Lipinski definition) is 4. The molecule has 0 aliphatic carbocycles. The monoisotopic (exact) mass is 340 g/mol. The Kier molecular flexibility index (Phi) is 5.98. The van der Waals surface area contributed by atoms with E-state index in [2.05, 4.69) is 10.6 Å². The number of nitrogens with one attached hydrogen (secondary N) is 2. The molecule has 126 valence electrons. The molecule has 0 bridgehead atoms. The molecule has 4 N–H and O–H groups in total. The molecule has 1 aliphatic heterocycles. The van der Waals surface area contributed by atoms with Crippen molar-refractivity contribution < 1.29 is 14.4 Å². The second-order valence-corrected chi connectivity index (χ2v) is 5.75. The summed E-state index contributed by atoms with van der Waals surface area (Å²) in [5, 5.41) is 4.95. The van der Waals surface area contributed by atoms with Crippen LogP contribution in [-0.4, -0.2) is 41.4 Å². The van der Waals surface area contributed by atoms with Crippen molar-refractivity contribution in [1.29, 1.82) is 0 Å². The Bertz CT molecular complexity index is 601. The maximum absolute atomic E-state index is 11.9. The first kappa shape index (κ1) is 18.8. The van der Waals surface area contributed by atoms with Gasteiger partial charge >= 0.3 is 6.03 Å². The molecule has 1 aromatic rings. The van der Waals surface area contributed by atoms with Gasteiger partial charge in [0, 0.05) is 12.2 Å². The molecule has 8 heteroatoms. The standard InChI is InChI=1S/C15H20N4O3.ClH/c1-15(2)13(21)18-14(22)19(15)9-12(20)17-8-7-10-3-5-11(16)6-4-10;/h3-6H,7-9,16H2,1-2H3,(H,17,20)(H,18,21,22);1H. The number of imide groups is 1. The van der Waals surface area contributed by atoms with E-state index in [4.69, 9.17) is 5.73 Å². The Hall–Kier alpha value is -2.28. The molecule has 0 unspecified atom stereocenters. The molecule has 0 radical (unpaired) electrons. The lowest BCUT2D eigenvalue weighted by molar-refractivity contribution is -0.127. The van der Waals surface area contributed by atoms with Crippen molar-refractivity contribution in [2.45, 2.75) is 25.8 Å². The smallest absolute Gasteiger partial charge is 0.325 e. The summed E-state index contributed by atoms with van der Waals surface area (Å²) >= 11 is 0. The van der Waals surface area contributed by atoms with Crippen LogP contribution >= 0.6 is 12.4 Å². The topological polar surface area (TPSA) is 105 Å². The summed E-state index contributed by atoms with van der Waals surface area (Å²) < 4.78 is 0. The molecular formula is C15H21ClN4O3. The van der Waals surface area contributed by atoms with Crippen LogP contribution in [0.4, 0.5) is 10.5 Å². The third-order valence-electron chi connectivity index (χ3n) is 3.71. The van der Waals surface area contributed by atoms with Crippen LogP contribution in [0.3, 0.4) is 0 Å². The molecule has 2 rings (SSSR count). The number of carbonyl (C=O) groups is 3. The van der Waals surface area contributed by atoms with Gasteiger partial charge in [0.2, 0.25) is 5.91 Å². The Labute approximate surface area is 141 Å².